The number of carbonyl (C=O) groups excluding carboxylic acids is 1. The highest BCUT2D eigenvalue weighted by atomic mass is 19.1. The van der Waals surface area contributed by atoms with Gasteiger partial charge in [0.25, 0.3) is 0 Å². The summed E-state index contributed by atoms with van der Waals surface area (Å²) >= 11 is 0. The number of aryl methyl sites for hydroxylation is 1. The number of hydrogen-bond acceptors (Lipinski definition) is 2. The van der Waals surface area contributed by atoms with Crippen LogP contribution in [-0.2, 0) is 11.2 Å². The van der Waals surface area contributed by atoms with Gasteiger partial charge in [0.15, 0.2) is 0 Å². The second kappa shape index (κ2) is 6.51. The van der Waals surface area contributed by atoms with E-state index in [0.29, 0.717) is 5.56 Å². The SMILES string of the molecule is CCc1ccc(F)c(-c2cccc([C@H]3CC[C@@]4(CCN(C)C4=O)N3)c2)c1. The van der Waals surface area contributed by atoms with Gasteiger partial charge in [-0.15, -0.1) is 0 Å². The number of carbonyl (C=O) groups is 1. The molecule has 2 aliphatic rings. The molecule has 3 nitrogen and oxygen atoms in total. The van der Waals surface area contributed by atoms with Crippen LogP contribution in [0.1, 0.15) is 43.4 Å². The molecule has 2 heterocycles. The Morgan fingerprint density at radius 3 is 2.81 bits per heavy atom. The van der Waals surface area contributed by atoms with E-state index in [4.69, 9.17) is 0 Å². The highest BCUT2D eigenvalue weighted by Crippen LogP contribution is 2.39. The van der Waals surface area contributed by atoms with Gasteiger partial charge in [-0.05, 0) is 60.6 Å². The smallest absolute Gasteiger partial charge is 0.242 e. The maximum Gasteiger partial charge on any atom is 0.242 e. The number of likely N-dealkylation sites (tertiary alicyclic amines) is 1. The van der Waals surface area contributed by atoms with Crippen LogP contribution in [0.2, 0.25) is 0 Å². The minimum absolute atomic E-state index is 0.141. The van der Waals surface area contributed by atoms with E-state index in [2.05, 4.69) is 24.4 Å². The molecule has 2 saturated heterocycles. The molecule has 26 heavy (non-hydrogen) atoms. The van der Waals surface area contributed by atoms with Crippen molar-refractivity contribution in [3.63, 3.8) is 0 Å². The van der Waals surface area contributed by atoms with Crippen molar-refractivity contribution in [1.82, 2.24) is 10.2 Å². The van der Waals surface area contributed by atoms with Gasteiger partial charge in [-0.3, -0.25) is 10.1 Å². The lowest BCUT2D eigenvalue weighted by atomic mass is 9.95. The van der Waals surface area contributed by atoms with Crippen molar-refractivity contribution in [2.75, 3.05) is 13.6 Å². The Bertz CT molecular complexity index is 850. The number of halogens is 1. The van der Waals surface area contributed by atoms with E-state index < -0.39 is 5.54 Å². The third kappa shape index (κ3) is 2.82. The Balaban J connectivity index is 1.62. The summed E-state index contributed by atoms with van der Waals surface area (Å²) in [5.74, 6) is 0.0145. The lowest BCUT2D eigenvalue weighted by Crippen LogP contribution is -2.47. The van der Waals surface area contributed by atoms with Gasteiger partial charge in [-0.25, -0.2) is 4.39 Å². The van der Waals surface area contributed by atoms with Crippen molar-refractivity contribution in [3.8, 4) is 11.1 Å². The molecule has 1 spiro atoms. The molecule has 4 rings (SSSR count). The van der Waals surface area contributed by atoms with Gasteiger partial charge in [-0.1, -0.05) is 31.2 Å². The molecular weight excluding hydrogens is 327 g/mol. The zero-order valence-corrected chi connectivity index (χ0v) is 15.4. The quantitative estimate of drug-likeness (QED) is 0.903. The Hall–Kier alpha value is -2.20. The lowest BCUT2D eigenvalue weighted by Gasteiger charge is -2.23. The molecule has 2 atom stereocenters. The van der Waals surface area contributed by atoms with Crippen molar-refractivity contribution in [2.45, 2.75) is 44.2 Å². The normalized spacial score (nSPS) is 25.4. The minimum Gasteiger partial charge on any atom is -0.344 e. The van der Waals surface area contributed by atoms with E-state index in [-0.39, 0.29) is 17.8 Å². The van der Waals surface area contributed by atoms with Gasteiger partial charge in [0, 0.05) is 25.2 Å². The summed E-state index contributed by atoms with van der Waals surface area (Å²) in [5, 5.41) is 3.59. The highest BCUT2D eigenvalue weighted by Gasteiger charge is 2.49. The number of benzene rings is 2. The average molecular weight is 352 g/mol. The first kappa shape index (κ1) is 17.2. The molecule has 2 aromatic rings. The molecule has 136 valence electrons. The molecular formula is C22H25FN2O. The van der Waals surface area contributed by atoms with Crippen LogP contribution in [0.15, 0.2) is 42.5 Å². The molecule has 0 bridgehead atoms. The van der Waals surface area contributed by atoms with E-state index >= 15 is 0 Å². The number of likely N-dealkylation sites (N-methyl/N-ethyl adjacent to an activating group) is 1. The zero-order chi connectivity index (χ0) is 18.3. The van der Waals surface area contributed by atoms with Crippen LogP contribution >= 0.6 is 0 Å². The Kier molecular flexibility index (Phi) is 4.31. The molecule has 0 saturated carbocycles. The van der Waals surface area contributed by atoms with Gasteiger partial charge in [0.1, 0.15) is 11.4 Å². The molecule has 2 aromatic carbocycles. The van der Waals surface area contributed by atoms with Crippen LogP contribution in [0.25, 0.3) is 11.1 Å². The molecule has 0 radical (unpaired) electrons. The van der Waals surface area contributed by atoms with E-state index in [9.17, 15) is 9.18 Å². The maximum absolute atomic E-state index is 14.4. The second-order valence-electron chi connectivity index (χ2n) is 7.59. The van der Waals surface area contributed by atoms with Gasteiger partial charge in [0.2, 0.25) is 5.91 Å². The third-order valence-corrected chi connectivity index (χ3v) is 5.98. The van der Waals surface area contributed by atoms with Gasteiger partial charge in [0.05, 0.1) is 0 Å². The van der Waals surface area contributed by atoms with Gasteiger partial charge in [-0.2, -0.15) is 0 Å². The lowest BCUT2D eigenvalue weighted by molar-refractivity contribution is -0.131. The molecule has 1 N–H and O–H groups in total. The predicted molar refractivity (Wildman–Crippen MR) is 101 cm³/mol. The second-order valence-corrected chi connectivity index (χ2v) is 7.59. The van der Waals surface area contributed by atoms with E-state index in [1.165, 1.54) is 0 Å². The molecule has 2 aliphatic heterocycles. The molecule has 2 fully saturated rings. The summed E-state index contributed by atoms with van der Waals surface area (Å²) in [7, 11) is 1.87. The zero-order valence-electron chi connectivity index (χ0n) is 15.4. The van der Waals surface area contributed by atoms with Crippen LogP contribution in [-0.4, -0.2) is 29.9 Å². The molecule has 0 aromatic heterocycles. The van der Waals surface area contributed by atoms with Gasteiger partial charge >= 0.3 is 0 Å². The fourth-order valence-electron chi connectivity index (χ4n) is 4.35. The Morgan fingerprint density at radius 1 is 1.23 bits per heavy atom. The molecule has 4 heteroatoms. The number of nitrogens with zero attached hydrogens (tertiary/aromatic N) is 1. The highest BCUT2D eigenvalue weighted by molar-refractivity contribution is 5.88. The molecule has 0 unspecified atom stereocenters. The van der Waals surface area contributed by atoms with Crippen LogP contribution in [0.5, 0.6) is 0 Å². The number of rotatable bonds is 3. The van der Waals surface area contributed by atoms with Gasteiger partial charge < -0.3 is 4.90 Å². The first-order valence-corrected chi connectivity index (χ1v) is 9.44. The summed E-state index contributed by atoms with van der Waals surface area (Å²) < 4.78 is 14.4. The summed E-state index contributed by atoms with van der Waals surface area (Å²) in [6.07, 6.45) is 3.55. The van der Waals surface area contributed by atoms with E-state index in [0.717, 1.165) is 48.9 Å². The Morgan fingerprint density at radius 2 is 2.08 bits per heavy atom. The summed E-state index contributed by atoms with van der Waals surface area (Å²) in [5.41, 5.74) is 3.40. The van der Waals surface area contributed by atoms with Crippen LogP contribution in [0.4, 0.5) is 4.39 Å². The summed E-state index contributed by atoms with van der Waals surface area (Å²) in [6, 6.07) is 13.6. The summed E-state index contributed by atoms with van der Waals surface area (Å²) in [4.78, 5) is 14.3. The van der Waals surface area contributed by atoms with Crippen LogP contribution < -0.4 is 5.32 Å². The first-order valence-electron chi connectivity index (χ1n) is 9.44. The largest absolute Gasteiger partial charge is 0.344 e. The fraction of sp³-hybridized carbons (Fsp3) is 0.409. The van der Waals surface area contributed by atoms with E-state index in [1.54, 1.807) is 6.07 Å². The van der Waals surface area contributed by atoms with Crippen molar-refractivity contribution in [3.05, 3.63) is 59.4 Å². The predicted octanol–water partition coefficient (Wildman–Crippen LogP) is 4.08. The Labute approximate surface area is 154 Å². The first-order chi connectivity index (χ1) is 12.5. The van der Waals surface area contributed by atoms with Crippen molar-refractivity contribution in [2.24, 2.45) is 0 Å². The average Bonchev–Trinajstić information content (AvgIpc) is 3.22. The van der Waals surface area contributed by atoms with Crippen molar-refractivity contribution < 1.29 is 9.18 Å². The van der Waals surface area contributed by atoms with Crippen LogP contribution in [0.3, 0.4) is 0 Å². The summed E-state index contributed by atoms with van der Waals surface area (Å²) in [6.45, 7) is 2.89. The maximum atomic E-state index is 14.4. The topological polar surface area (TPSA) is 32.3 Å². The third-order valence-electron chi connectivity index (χ3n) is 5.98. The van der Waals surface area contributed by atoms with Crippen LogP contribution in [0, 0.1) is 5.82 Å². The molecule has 0 aliphatic carbocycles. The van der Waals surface area contributed by atoms with Crippen molar-refractivity contribution >= 4 is 5.91 Å². The fourth-order valence-corrected chi connectivity index (χ4v) is 4.35. The standard InChI is InChI=1S/C22H25FN2O/c1-3-15-7-8-19(23)18(13-15)16-5-4-6-17(14-16)20-9-10-22(24-20)11-12-25(2)21(22)26/h4-8,13-14,20,24H,3,9-12H2,1-2H3/t20-,22+/m1/s1. The molecule has 1 amide bonds. The number of hydrogen-bond donors (Lipinski definition) is 1. The number of nitrogens with one attached hydrogen (secondary N) is 1. The monoisotopic (exact) mass is 352 g/mol. The van der Waals surface area contributed by atoms with Crippen molar-refractivity contribution in [1.29, 1.82) is 0 Å². The van der Waals surface area contributed by atoms with E-state index in [1.807, 2.05) is 36.2 Å². The number of amides is 1. The minimum atomic E-state index is -0.400.